The Labute approximate surface area is 168 Å². The fourth-order valence-corrected chi connectivity index (χ4v) is 5.45. The second-order valence-corrected chi connectivity index (χ2v) is 9.82. The minimum absolute atomic E-state index is 0.745. The van der Waals surface area contributed by atoms with Gasteiger partial charge in [0.25, 0.3) is 0 Å². The molecule has 3 nitrogen and oxygen atoms in total. The average Bonchev–Trinajstić information content (AvgIpc) is 2.69. The lowest BCUT2D eigenvalue weighted by Gasteiger charge is -2.30. The molecule has 0 spiro atoms. The molecule has 0 heterocycles. The summed E-state index contributed by atoms with van der Waals surface area (Å²) in [7, 11) is -2.60. The first-order valence-electron chi connectivity index (χ1n) is 10.8. The third-order valence-electron chi connectivity index (χ3n) is 4.62. The molecule has 0 N–H and O–H groups in total. The monoisotopic (exact) mass is 392 g/mol. The first kappa shape index (κ1) is 24.1. The Balaban J connectivity index is 2.68. The molecule has 0 saturated carbocycles. The van der Waals surface area contributed by atoms with Crippen molar-refractivity contribution in [3.05, 3.63) is 42.0 Å². The van der Waals surface area contributed by atoms with Crippen LogP contribution < -0.4 is 0 Å². The number of hydrogen-bond donors (Lipinski definition) is 0. The van der Waals surface area contributed by atoms with Crippen LogP contribution in [0.1, 0.15) is 76.8 Å². The van der Waals surface area contributed by atoms with Crippen LogP contribution in [0, 0.1) is 0 Å². The van der Waals surface area contributed by atoms with Gasteiger partial charge in [-0.3, -0.25) is 0 Å². The van der Waals surface area contributed by atoms with Gasteiger partial charge in [0.2, 0.25) is 0 Å². The minimum atomic E-state index is -2.60. The van der Waals surface area contributed by atoms with Gasteiger partial charge in [0.05, 0.1) is 0 Å². The van der Waals surface area contributed by atoms with Gasteiger partial charge in [-0.1, -0.05) is 77.0 Å². The summed E-state index contributed by atoms with van der Waals surface area (Å²) >= 11 is 0. The summed E-state index contributed by atoms with van der Waals surface area (Å²) in [6, 6.07) is 9.52. The van der Waals surface area contributed by atoms with Crippen molar-refractivity contribution in [1.29, 1.82) is 0 Å². The van der Waals surface area contributed by atoms with Crippen LogP contribution >= 0.6 is 0 Å². The SMILES string of the molecule is C=Cc1ccc(CCC[Si](OCCCC)(OCCCC)OCCCC)cc1. The Morgan fingerprint density at radius 2 is 1.26 bits per heavy atom. The van der Waals surface area contributed by atoms with Crippen molar-refractivity contribution in [2.45, 2.75) is 78.2 Å². The van der Waals surface area contributed by atoms with Crippen LogP contribution in [-0.4, -0.2) is 28.6 Å². The van der Waals surface area contributed by atoms with Gasteiger partial charge in [0.15, 0.2) is 0 Å². The molecular formula is C23H40O3Si. The maximum absolute atomic E-state index is 6.32. The Morgan fingerprint density at radius 1 is 0.778 bits per heavy atom. The Kier molecular flexibility index (Phi) is 13.4. The normalized spacial score (nSPS) is 11.7. The lowest BCUT2D eigenvalue weighted by atomic mass is 10.1. The predicted molar refractivity (Wildman–Crippen MR) is 118 cm³/mol. The van der Waals surface area contributed by atoms with E-state index in [0.29, 0.717) is 0 Å². The molecule has 154 valence electrons. The van der Waals surface area contributed by atoms with Gasteiger partial charge in [-0.15, -0.1) is 0 Å². The summed E-state index contributed by atoms with van der Waals surface area (Å²) in [5, 5.41) is 0. The standard InChI is InChI=1S/C23H40O3Si/c1-5-9-18-24-27(25-19-10-6-2,26-20-11-7-3)21-12-13-23-16-14-22(8-4)15-17-23/h8,14-17H,4-7,9-13,18-21H2,1-3H3. The van der Waals surface area contributed by atoms with Crippen LogP contribution in [0.5, 0.6) is 0 Å². The lowest BCUT2D eigenvalue weighted by Crippen LogP contribution is -2.46. The molecule has 1 aromatic rings. The molecule has 4 heteroatoms. The molecule has 27 heavy (non-hydrogen) atoms. The number of benzene rings is 1. The largest absolute Gasteiger partial charge is 0.500 e. The van der Waals surface area contributed by atoms with Gasteiger partial charge in [-0.05, 0) is 43.2 Å². The van der Waals surface area contributed by atoms with E-state index in [4.69, 9.17) is 13.3 Å². The van der Waals surface area contributed by atoms with Gasteiger partial charge < -0.3 is 13.3 Å². The van der Waals surface area contributed by atoms with Crippen LogP contribution in [0.2, 0.25) is 6.04 Å². The first-order chi connectivity index (χ1) is 13.2. The highest BCUT2D eigenvalue weighted by atomic mass is 28.4. The maximum atomic E-state index is 6.32. The smallest absolute Gasteiger partial charge is 0.373 e. The molecule has 0 fully saturated rings. The van der Waals surface area contributed by atoms with Crippen molar-refractivity contribution < 1.29 is 13.3 Å². The van der Waals surface area contributed by atoms with Crippen molar-refractivity contribution in [3.63, 3.8) is 0 Å². The molecular weight excluding hydrogens is 352 g/mol. The predicted octanol–water partition coefficient (Wildman–Crippen LogP) is 6.65. The third kappa shape index (κ3) is 10.2. The van der Waals surface area contributed by atoms with Crippen molar-refractivity contribution in [1.82, 2.24) is 0 Å². The topological polar surface area (TPSA) is 27.7 Å². The Bertz CT molecular complexity index is 460. The number of hydrogen-bond acceptors (Lipinski definition) is 3. The van der Waals surface area contributed by atoms with E-state index >= 15 is 0 Å². The van der Waals surface area contributed by atoms with Crippen LogP contribution in [0.3, 0.4) is 0 Å². The Hall–Kier alpha value is -0.943. The molecule has 1 aromatic carbocycles. The molecule has 0 aliphatic carbocycles. The van der Waals surface area contributed by atoms with Gasteiger partial charge in [-0.25, -0.2) is 0 Å². The van der Waals surface area contributed by atoms with Gasteiger partial charge in [0.1, 0.15) is 0 Å². The van der Waals surface area contributed by atoms with Crippen LogP contribution in [0.4, 0.5) is 0 Å². The summed E-state index contributed by atoms with van der Waals surface area (Å²) in [5.41, 5.74) is 2.51. The van der Waals surface area contributed by atoms with E-state index in [1.165, 1.54) is 5.56 Å². The first-order valence-corrected chi connectivity index (χ1v) is 12.8. The zero-order valence-corrected chi connectivity index (χ0v) is 18.8. The zero-order valence-electron chi connectivity index (χ0n) is 17.8. The van der Waals surface area contributed by atoms with Crippen LogP contribution in [0.15, 0.2) is 30.8 Å². The highest BCUT2D eigenvalue weighted by molar-refractivity contribution is 6.60. The molecule has 0 amide bonds. The summed E-state index contributed by atoms with van der Waals surface area (Å²) in [4.78, 5) is 0. The van der Waals surface area contributed by atoms with Crippen LogP contribution in [-0.2, 0) is 19.7 Å². The molecule has 0 aromatic heterocycles. The second-order valence-electron chi connectivity index (χ2n) is 7.09. The van der Waals surface area contributed by atoms with Crippen molar-refractivity contribution in [2.75, 3.05) is 19.8 Å². The number of aryl methyl sites for hydroxylation is 1. The quantitative estimate of drug-likeness (QED) is 0.219. The second kappa shape index (κ2) is 15.0. The summed E-state index contributed by atoms with van der Waals surface area (Å²) in [5.74, 6) is 0. The van der Waals surface area contributed by atoms with E-state index in [1.54, 1.807) is 0 Å². The van der Waals surface area contributed by atoms with Gasteiger partial charge in [-0.2, -0.15) is 0 Å². The minimum Gasteiger partial charge on any atom is -0.373 e. The van der Waals surface area contributed by atoms with E-state index in [0.717, 1.165) is 82.8 Å². The average molecular weight is 393 g/mol. The fraction of sp³-hybridized carbons (Fsp3) is 0.652. The van der Waals surface area contributed by atoms with E-state index < -0.39 is 8.80 Å². The molecule has 0 aliphatic heterocycles. The van der Waals surface area contributed by atoms with Crippen molar-refractivity contribution in [2.24, 2.45) is 0 Å². The Morgan fingerprint density at radius 3 is 1.67 bits per heavy atom. The van der Waals surface area contributed by atoms with Crippen molar-refractivity contribution >= 4 is 14.9 Å². The highest BCUT2D eigenvalue weighted by Crippen LogP contribution is 2.22. The fourth-order valence-electron chi connectivity index (χ4n) is 2.79. The van der Waals surface area contributed by atoms with Gasteiger partial charge in [0, 0.05) is 25.9 Å². The van der Waals surface area contributed by atoms with Gasteiger partial charge >= 0.3 is 8.80 Å². The molecule has 0 unspecified atom stereocenters. The van der Waals surface area contributed by atoms with E-state index in [-0.39, 0.29) is 0 Å². The summed E-state index contributed by atoms with van der Waals surface area (Å²) in [6.07, 6.45) is 10.5. The van der Waals surface area contributed by atoms with E-state index in [2.05, 4.69) is 51.6 Å². The lowest BCUT2D eigenvalue weighted by molar-refractivity contribution is 0.0558. The van der Waals surface area contributed by atoms with E-state index in [9.17, 15) is 0 Å². The summed E-state index contributed by atoms with van der Waals surface area (Å²) in [6.45, 7) is 12.6. The molecule has 0 saturated heterocycles. The maximum Gasteiger partial charge on any atom is 0.500 e. The molecule has 0 atom stereocenters. The molecule has 0 aliphatic rings. The number of rotatable bonds is 17. The van der Waals surface area contributed by atoms with E-state index in [1.807, 2.05) is 6.08 Å². The molecule has 0 bridgehead atoms. The molecule has 0 radical (unpaired) electrons. The van der Waals surface area contributed by atoms with Crippen LogP contribution in [0.25, 0.3) is 6.08 Å². The zero-order chi connectivity index (χ0) is 19.8. The number of unbranched alkanes of at least 4 members (excludes halogenated alkanes) is 3. The highest BCUT2D eigenvalue weighted by Gasteiger charge is 2.40. The molecule has 1 rings (SSSR count). The third-order valence-corrected chi connectivity index (χ3v) is 7.52. The summed E-state index contributed by atoms with van der Waals surface area (Å²) < 4.78 is 19.0. The van der Waals surface area contributed by atoms with Crippen molar-refractivity contribution in [3.8, 4) is 0 Å².